The average Bonchev–Trinajstić information content (AvgIpc) is 2.55. The van der Waals surface area contributed by atoms with Crippen LogP contribution in [0.3, 0.4) is 0 Å². The summed E-state index contributed by atoms with van der Waals surface area (Å²) in [5, 5.41) is 9.27. The first-order chi connectivity index (χ1) is 8.33. The van der Waals surface area contributed by atoms with Crippen LogP contribution in [-0.2, 0) is 21.1 Å². The van der Waals surface area contributed by atoms with E-state index in [-0.39, 0.29) is 24.3 Å². The number of aliphatic carboxylic acids is 1. The van der Waals surface area contributed by atoms with E-state index in [2.05, 4.69) is 0 Å². The first kappa shape index (κ1) is 13.0. The summed E-state index contributed by atoms with van der Waals surface area (Å²) in [7, 11) is -3.30. The predicted octanol–water partition coefficient (Wildman–Crippen LogP) is 1.26. The summed E-state index contributed by atoms with van der Waals surface area (Å²) >= 11 is 0. The molecule has 6 heteroatoms. The Balaban J connectivity index is 2.31. The summed E-state index contributed by atoms with van der Waals surface area (Å²) < 4.78 is 36.0. The van der Waals surface area contributed by atoms with E-state index in [1.54, 1.807) is 6.07 Å². The van der Waals surface area contributed by atoms with E-state index in [0.717, 1.165) is 0 Å². The van der Waals surface area contributed by atoms with Crippen molar-refractivity contribution in [3.8, 4) is 0 Å². The minimum Gasteiger partial charge on any atom is -0.481 e. The Morgan fingerprint density at radius 2 is 2.17 bits per heavy atom. The zero-order valence-corrected chi connectivity index (χ0v) is 10.4. The second kappa shape index (κ2) is 4.35. The molecule has 1 N–H and O–H groups in total. The lowest BCUT2D eigenvalue weighted by Crippen LogP contribution is -2.34. The van der Waals surface area contributed by atoms with E-state index in [4.69, 9.17) is 0 Å². The van der Waals surface area contributed by atoms with Crippen LogP contribution in [0.4, 0.5) is 4.39 Å². The van der Waals surface area contributed by atoms with Crippen molar-refractivity contribution in [2.45, 2.75) is 12.8 Å². The Hall–Kier alpha value is -1.43. The molecule has 18 heavy (non-hydrogen) atoms. The van der Waals surface area contributed by atoms with Crippen LogP contribution in [0.5, 0.6) is 0 Å². The fourth-order valence-electron chi connectivity index (χ4n) is 2.34. The first-order valence-corrected chi connectivity index (χ1v) is 7.33. The van der Waals surface area contributed by atoms with Gasteiger partial charge in [-0.1, -0.05) is 12.1 Å². The van der Waals surface area contributed by atoms with E-state index < -0.39 is 27.0 Å². The highest BCUT2D eigenvalue weighted by atomic mass is 32.2. The Kier molecular flexibility index (Phi) is 3.14. The van der Waals surface area contributed by atoms with Gasteiger partial charge >= 0.3 is 5.97 Å². The number of carboxylic acid groups (broad SMARTS) is 1. The molecule has 0 bridgehead atoms. The SMILES string of the molecule is O=C(O)C1(Cc2cccc(F)c2)CCS(=O)(=O)C1. The molecule has 4 nitrogen and oxygen atoms in total. The molecule has 2 rings (SSSR count). The Morgan fingerprint density at radius 1 is 1.44 bits per heavy atom. The molecule has 1 heterocycles. The highest BCUT2D eigenvalue weighted by Gasteiger charge is 2.48. The van der Waals surface area contributed by atoms with Crippen molar-refractivity contribution in [1.82, 2.24) is 0 Å². The maximum absolute atomic E-state index is 13.1. The third-order valence-corrected chi connectivity index (χ3v) is 5.09. The third kappa shape index (κ3) is 2.53. The van der Waals surface area contributed by atoms with E-state index in [1.165, 1.54) is 18.2 Å². The van der Waals surface area contributed by atoms with Gasteiger partial charge in [-0.25, -0.2) is 12.8 Å². The number of hydrogen-bond acceptors (Lipinski definition) is 3. The van der Waals surface area contributed by atoms with Crippen molar-refractivity contribution < 1.29 is 22.7 Å². The van der Waals surface area contributed by atoms with Gasteiger partial charge in [-0.2, -0.15) is 0 Å². The molecule has 1 fully saturated rings. The van der Waals surface area contributed by atoms with Crippen LogP contribution in [0, 0.1) is 11.2 Å². The molecule has 1 unspecified atom stereocenters. The molecule has 0 spiro atoms. The Bertz CT molecular complexity index is 581. The van der Waals surface area contributed by atoms with Gasteiger partial charge in [0, 0.05) is 0 Å². The van der Waals surface area contributed by atoms with Crippen molar-refractivity contribution in [1.29, 1.82) is 0 Å². The molecule has 1 aromatic rings. The summed E-state index contributed by atoms with van der Waals surface area (Å²) in [5.41, 5.74) is -0.804. The maximum Gasteiger partial charge on any atom is 0.311 e. The van der Waals surface area contributed by atoms with Crippen molar-refractivity contribution in [2.75, 3.05) is 11.5 Å². The van der Waals surface area contributed by atoms with Gasteiger partial charge in [-0.05, 0) is 30.5 Å². The summed E-state index contributed by atoms with van der Waals surface area (Å²) in [6.07, 6.45) is 0.125. The summed E-state index contributed by atoms with van der Waals surface area (Å²) in [6, 6.07) is 5.61. The normalized spacial score (nSPS) is 26.1. The molecule has 0 saturated carbocycles. The van der Waals surface area contributed by atoms with Crippen LogP contribution >= 0.6 is 0 Å². The van der Waals surface area contributed by atoms with Gasteiger partial charge in [0.25, 0.3) is 0 Å². The smallest absolute Gasteiger partial charge is 0.311 e. The van der Waals surface area contributed by atoms with Crippen molar-refractivity contribution in [2.24, 2.45) is 5.41 Å². The Morgan fingerprint density at radius 3 is 2.67 bits per heavy atom. The third-order valence-electron chi connectivity index (χ3n) is 3.27. The monoisotopic (exact) mass is 272 g/mol. The van der Waals surface area contributed by atoms with Crippen LogP contribution in [0.15, 0.2) is 24.3 Å². The van der Waals surface area contributed by atoms with Crippen LogP contribution in [0.1, 0.15) is 12.0 Å². The summed E-state index contributed by atoms with van der Waals surface area (Å²) in [4.78, 5) is 11.3. The van der Waals surface area contributed by atoms with Gasteiger partial charge in [0.05, 0.1) is 16.9 Å². The number of carboxylic acids is 1. The highest BCUT2D eigenvalue weighted by Crippen LogP contribution is 2.36. The van der Waals surface area contributed by atoms with Gasteiger partial charge in [-0.15, -0.1) is 0 Å². The Labute approximate surface area is 104 Å². The molecule has 0 radical (unpaired) electrons. The number of rotatable bonds is 3. The lowest BCUT2D eigenvalue weighted by atomic mass is 9.81. The van der Waals surface area contributed by atoms with Crippen LogP contribution in [0.25, 0.3) is 0 Å². The molecule has 1 saturated heterocycles. The molecule has 0 aromatic heterocycles. The lowest BCUT2D eigenvalue weighted by Gasteiger charge is -2.22. The molecule has 1 aromatic carbocycles. The zero-order valence-electron chi connectivity index (χ0n) is 9.60. The molecule has 98 valence electrons. The molecule has 1 aliphatic heterocycles. The summed E-state index contributed by atoms with van der Waals surface area (Å²) in [6.45, 7) is 0. The van der Waals surface area contributed by atoms with Crippen LogP contribution in [-0.4, -0.2) is 31.0 Å². The van der Waals surface area contributed by atoms with Gasteiger partial charge in [0.1, 0.15) is 5.82 Å². The van der Waals surface area contributed by atoms with E-state index >= 15 is 0 Å². The fourth-order valence-corrected chi connectivity index (χ4v) is 4.40. The number of sulfone groups is 1. The van der Waals surface area contributed by atoms with E-state index in [9.17, 15) is 22.7 Å². The van der Waals surface area contributed by atoms with Crippen LogP contribution in [0.2, 0.25) is 0 Å². The average molecular weight is 272 g/mol. The number of carbonyl (C=O) groups is 1. The van der Waals surface area contributed by atoms with E-state index in [0.29, 0.717) is 5.56 Å². The highest BCUT2D eigenvalue weighted by molar-refractivity contribution is 7.91. The standard InChI is InChI=1S/C12H13FO4S/c13-10-3-1-2-9(6-10)7-12(11(14)15)4-5-18(16,17)8-12/h1-3,6H,4-5,7-8H2,(H,14,15). The topological polar surface area (TPSA) is 71.4 Å². The zero-order chi connectivity index (χ0) is 13.4. The maximum atomic E-state index is 13.1. The van der Waals surface area contributed by atoms with Crippen LogP contribution < -0.4 is 0 Å². The van der Waals surface area contributed by atoms with Crippen molar-refractivity contribution in [3.63, 3.8) is 0 Å². The van der Waals surface area contributed by atoms with Crippen molar-refractivity contribution >= 4 is 15.8 Å². The molecule has 0 amide bonds. The lowest BCUT2D eigenvalue weighted by molar-refractivity contribution is -0.147. The second-order valence-corrected chi connectivity index (χ2v) is 6.92. The number of halogens is 1. The van der Waals surface area contributed by atoms with Gasteiger partial charge in [-0.3, -0.25) is 4.79 Å². The second-order valence-electron chi connectivity index (χ2n) is 4.73. The predicted molar refractivity (Wildman–Crippen MR) is 63.4 cm³/mol. The molecular weight excluding hydrogens is 259 g/mol. The number of benzene rings is 1. The van der Waals surface area contributed by atoms with Gasteiger partial charge in [0.15, 0.2) is 9.84 Å². The molecule has 1 atom stereocenters. The number of hydrogen-bond donors (Lipinski definition) is 1. The van der Waals surface area contributed by atoms with Gasteiger partial charge in [0.2, 0.25) is 0 Å². The van der Waals surface area contributed by atoms with Crippen molar-refractivity contribution in [3.05, 3.63) is 35.6 Å². The minimum atomic E-state index is -3.30. The molecule has 1 aliphatic rings. The fraction of sp³-hybridized carbons (Fsp3) is 0.417. The van der Waals surface area contributed by atoms with Gasteiger partial charge < -0.3 is 5.11 Å². The van der Waals surface area contributed by atoms with E-state index in [1.807, 2.05) is 0 Å². The minimum absolute atomic E-state index is 0.0410. The molecular formula is C12H13FO4S. The summed E-state index contributed by atoms with van der Waals surface area (Å²) in [5.74, 6) is -2.07. The molecule has 0 aliphatic carbocycles. The first-order valence-electron chi connectivity index (χ1n) is 5.51. The largest absolute Gasteiger partial charge is 0.481 e. The quantitative estimate of drug-likeness (QED) is 0.899.